The molecule has 2 N–H and O–H groups in total. The van der Waals surface area contributed by atoms with Crippen LogP contribution in [0.4, 0.5) is 0 Å². The molecule has 0 aliphatic carbocycles. The molecular formula is C23H31IN6O. The van der Waals surface area contributed by atoms with Gasteiger partial charge in [-0.2, -0.15) is 0 Å². The van der Waals surface area contributed by atoms with Gasteiger partial charge in [0.1, 0.15) is 0 Å². The fraction of sp³-hybridized carbons (Fsp3) is 0.348. The largest absolute Gasteiger partial charge is 0.354 e. The van der Waals surface area contributed by atoms with Gasteiger partial charge in [-0.15, -0.1) is 24.0 Å². The summed E-state index contributed by atoms with van der Waals surface area (Å²) in [6, 6.07) is 13.9. The summed E-state index contributed by atoms with van der Waals surface area (Å²) in [5.74, 6) is 0.766. The number of hydrogen-bond donors (Lipinski definition) is 2. The number of carbonyl (C=O) groups excluding carboxylic acids is 1. The lowest BCUT2D eigenvalue weighted by Gasteiger charge is -2.36. The molecule has 7 nitrogen and oxygen atoms in total. The number of halogens is 1. The van der Waals surface area contributed by atoms with Gasteiger partial charge in [-0.25, -0.2) is 0 Å². The number of aliphatic imine (C=N–C) groups is 1. The Morgan fingerprint density at radius 3 is 2.48 bits per heavy atom. The summed E-state index contributed by atoms with van der Waals surface area (Å²) in [5, 5.41) is 6.23. The summed E-state index contributed by atoms with van der Waals surface area (Å²) in [6.07, 6.45) is 7.62. The van der Waals surface area contributed by atoms with Crippen LogP contribution in [0.15, 0.2) is 65.9 Å². The van der Waals surface area contributed by atoms with Crippen molar-refractivity contribution in [2.75, 3.05) is 52.9 Å². The SMILES string of the molecule is CN=C(NCCNC(=O)c1cccnc1)N1CCN(C/C=C/c2ccccc2)CC1.I. The van der Waals surface area contributed by atoms with Gasteiger partial charge in [0, 0.05) is 65.3 Å². The van der Waals surface area contributed by atoms with Crippen molar-refractivity contribution < 1.29 is 4.79 Å². The highest BCUT2D eigenvalue weighted by Gasteiger charge is 2.18. The number of aromatic nitrogens is 1. The van der Waals surface area contributed by atoms with Crippen molar-refractivity contribution in [3.05, 3.63) is 72.1 Å². The Kier molecular flexibility index (Phi) is 11.0. The van der Waals surface area contributed by atoms with Gasteiger partial charge in [-0.1, -0.05) is 42.5 Å². The van der Waals surface area contributed by atoms with Crippen LogP contribution in [0.1, 0.15) is 15.9 Å². The summed E-state index contributed by atoms with van der Waals surface area (Å²) in [4.78, 5) is 25.1. The Bertz CT molecular complexity index is 836. The monoisotopic (exact) mass is 534 g/mol. The van der Waals surface area contributed by atoms with Crippen LogP contribution in [-0.4, -0.2) is 79.5 Å². The fourth-order valence-electron chi connectivity index (χ4n) is 3.33. The third kappa shape index (κ3) is 8.29. The Morgan fingerprint density at radius 1 is 1.06 bits per heavy atom. The highest BCUT2D eigenvalue weighted by atomic mass is 127. The summed E-state index contributed by atoms with van der Waals surface area (Å²) in [7, 11) is 1.80. The molecule has 1 aromatic heterocycles. The molecule has 31 heavy (non-hydrogen) atoms. The summed E-state index contributed by atoms with van der Waals surface area (Å²) in [6.45, 7) is 5.96. The quantitative estimate of drug-likeness (QED) is 0.247. The van der Waals surface area contributed by atoms with Crippen LogP contribution >= 0.6 is 24.0 Å². The Morgan fingerprint density at radius 2 is 1.81 bits per heavy atom. The molecule has 0 unspecified atom stereocenters. The van der Waals surface area contributed by atoms with E-state index in [1.54, 1.807) is 31.6 Å². The summed E-state index contributed by atoms with van der Waals surface area (Å²) < 4.78 is 0. The van der Waals surface area contributed by atoms with Crippen molar-refractivity contribution in [3.8, 4) is 0 Å². The standard InChI is InChI=1S/C23H30N6O.HI/c1-24-23(27-13-12-26-22(30)21-10-5-11-25-19-21)29-17-15-28(16-18-29)14-6-9-20-7-3-2-4-8-20;/h2-11,19H,12-18H2,1H3,(H,24,27)(H,26,30);1H/b9-6+;. The molecule has 0 atom stereocenters. The number of nitrogens with zero attached hydrogens (tertiary/aromatic N) is 4. The third-order valence-electron chi connectivity index (χ3n) is 4.97. The van der Waals surface area contributed by atoms with Crippen LogP contribution in [0.25, 0.3) is 6.08 Å². The first-order valence-electron chi connectivity index (χ1n) is 10.3. The molecule has 3 rings (SSSR count). The first-order valence-corrected chi connectivity index (χ1v) is 10.3. The van der Waals surface area contributed by atoms with Crippen LogP contribution in [-0.2, 0) is 0 Å². The highest BCUT2D eigenvalue weighted by Crippen LogP contribution is 2.05. The second kappa shape index (κ2) is 13.8. The Balaban J connectivity index is 0.00000341. The average molecular weight is 534 g/mol. The Labute approximate surface area is 201 Å². The molecule has 1 fully saturated rings. The molecule has 1 aromatic carbocycles. The number of piperazine rings is 1. The molecule has 8 heteroatoms. The van der Waals surface area contributed by atoms with Gasteiger partial charge >= 0.3 is 0 Å². The average Bonchev–Trinajstić information content (AvgIpc) is 2.81. The minimum Gasteiger partial charge on any atom is -0.354 e. The van der Waals surface area contributed by atoms with Crippen LogP contribution < -0.4 is 10.6 Å². The first kappa shape index (κ1) is 24.8. The smallest absolute Gasteiger partial charge is 0.252 e. The first-order chi connectivity index (χ1) is 14.8. The van der Waals surface area contributed by atoms with Gasteiger partial charge in [0.15, 0.2) is 5.96 Å². The van der Waals surface area contributed by atoms with Crippen molar-refractivity contribution in [1.82, 2.24) is 25.4 Å². The van der Waals surface area contributed by atoms with Crippen molar-refractivity contribution in [1.29, 1.82) is 0 Å². The normalized spacial score (nSPS) is 14.9. The van der Waals surface area contributed by atoms with Gasteiger partial charge in [0.25, 0.3) is 5.91 Å². The van der Waals surface area contributed by atoms with Crippen LogP contribution in [0.5, 0.6) is 0 Å². The van der Waals surface area contributed by atoms with Crippen molar-refractivity contribution in [2.45, 2.75) is 0 Å². The molecule has 1 amide bonds. The van der Waals surface area contributed by atoms with E-state index in [-0.39, 0.29) is 29.9 Å². The minimum atomic E-state index is -0.114. The zero-order valence-corrected chi connectivity index (χ0v) is 20.2. The van der Waals surface area contributed by atoms with Crippen LogP contribution in [0, 0.1) is 0 Å². The molecule has 0 spiro atoms. The predicted octanol–water partition coefficient (Wildman–Crippen LogP) is 2.34. The van der Waals surface area contributed by atoms with Crippen molar-refractivity contribution >= 4 is 41.9 Å². The number of benzene rings is 1. The molecular weight excluding hydrogens is 503 g/mol. The number of pyridine rings is 1. The lowest BCUT2D eigenvalue weighted by molar-refractivity contribution is 0.0954. The number of carbonyl (C=O) groups is 1. The zero-order chi connectivity index (χ0) is 21.0. The number of nitrogens with one attached hydrogen (secondary N) is 2. The molecule has 0 bridgehead atoms. The summed E-state index contributed by atoms with van der Waals surface area (Å²) in [5.41, 5.74) is 1.80. The minimum absolute atomic E-state index is 0. The topological polar surface area (TPSA) is 72.9 Å². The van der Waals surface area contributed by atoms with E-state index >= 15 is 0 Å². The van der Waals surface area contributed by atoms with Gasteiger partial charge in [0.05, 0.1) is 5.56 Å². The van der Waals surface area contributed by atoms with E-state index < -0.39 is 0 Å². The van der Waals surface area contributed by atoms with Crippen LogP contribution in [0.2, 0.25) is 0 Å². The van der Waals surface area contributed by atoms with E-state index in [1.807, 2.05) is 6.07 Å². The number of guanidine groups is 1. The van der Waals surface area contributed by atoms with E-state index in [0.717, 1.165) is 38.7 Å². The van der Waals surface area contributed by atoms with Gasteiger partial charge in [0.2, 0.25) is 0 Å². The predicted molar refractivity (Wildman–Crippen MR) is 137 cm³/mol. The van der Waals surface area contributed by atoms with E-state index in [1.165, 1.54) is 5.56 Å². The molecule has 1 aliphatic heterocycles. The fourth-order valence-corrected chi connectivity index (χ4v) is 3.33. The lowest BCUT2D eigenvalue weighted by Crippen LogP contribution is -2.53. The third-order valence-corrected chi connectivity index (χ3v) is 4.97. The maximum atomic E-state index is 12.0. The number of amides is 1. The molecule has 2 heterocycles. The van der Waals surface area contributed by atoms with E-state index in [4.69, 9.17) is 0 Å². The van der Waals surface area contributed by atoms with E-state index in [0.29, 0.717) is 18.7 Å². The molecule has 166 valence electrons. The maximum Gasteiger partial charge on any atom is 0.252 e. The number of rotatable bonds is 7. The molecule has 0 radical (unpaired) electrons. The van der Waals surface area contributed by atoms with Gasteiger partial charge < -0.3 is 15.5 Å². The molecule has 0 saturated carbocycles. The van der Waals surface area contributed by atoms with Gasteiger partial charge in [-0.05, 0) is 17.7 Å². The maximum absolute atomic E-state index is 12.0. The second-order valence-electron chi connectivity index (χ2n) is 7.07. The Hall–Kier alpha value is -2.46. The summed E-state index contributed by atoms with van der Waals surface area (Å²) >= 11 is 0. The van der Waals surface area contributed by atoms with Crippen LogP contribution in [0.3, 0.4) is 0 Å². The second-order valence-corrected chi connectivity index (χ2v) is 7.07. The molecule has 1 saturated heterocycles. The molecule has 2 aromatic rings. The van der Waals surface area contributed by atoms with E-state index in [2.05, 4.69) is 66.8 Å². The van der Waals surface area contributed by atoms with Gasteiger partial charge in [-0.3, -0.25) is 19.7 Å². The van der Waals surface area contributed by atoms with Crippen molar-refractivity contribution in [3.63, 3.8) is 0 Å². The highest BCUT2D eigenvalue weighted by molar-refractivity contribution is 14.0. The number of hydrogen-bond acceptors (Lipinski definition) is 4. The zero-order valence-electron chi connectivity index (χ0n) is 17.9. The van der Waals surface area contributed by atoms with E-state index in [9.17, 15) is 4.79 Å². The lowest BCUT2D eigenvalue weighted by atomic mass is 10.2. The van der Waals surface area contributed by atoms with Crippen molar-refractivity contribution in [2.24, 2.45) is 4.99 Å². The molecule has 1 aliphatic rings.